The summed E-state index contributed by atoms with van der Waals surface area (Å²) in [6, 6.07) is 9.83. The number of aliphatic carboxylic acids is 1. The number of ether oxygens (including phenoxy) is 1. The molecule has 0 radical (unpaired) electrons. The Morgan fingerprint density at radius 3 is 2.29 bits per heavy atom. The van der Waals surface area contributed by atoms with Gasteiger partial charge in [0.05, 0.1) is 6.61 Å². The van der Waals surface area contributed by atoms with E-state index in [9.17, 15) is 24.3 Å². The molecule has 4 rings (SSSR count). The number of hydrogen-bond donors (Lipinski definition) is 2. The van der Waals surface area contributed by atoms with E-state index in [1.54, 1.807) is 13.0 Å². The molecule has 1 aromatic heterocycles. The van der Waals surface area contributed by atoms with Gasteiger partial charge in [-0.15, -0.1) is 0 Å². The van der Waals surface area contributed by atoms with Crippen LogP contribution in [0, 0.1) is 0 Å². The van der Waals surface area contributed by atoms with Crippen molar-refractivity contribution in [2.75, 3.05) is 50.8 Å². The lowest BCUT2D eigenvalue weighted by atomic mass is 10.1. The second kappa shape index (κ2) is 12.3. The van der Waals surface area contributed by atoms with Crippen LogP contribution < -0.4 is 10.2 Å². The Kier molecular flexibility index (Phi) is 8.72. The number of rotatable bonds is 9. The first kappa shape index (κ1) is 26.8. The number of piperazine rings is 1. The lowest BCUT2D eigenvalue weighted by Crippen LogP contribution is -2.56. The van der Waals surface area contributed by atoms with Gasteiger partial charge in [0, 0.05) is 57.3 Å². The van der Waals surface area contributed by atoms with Gasteiger partial charge in [0.1, 0.15) is 17.6 Å². The van der Waals surface area contributed by atoms with E-state index in [1.807, 2.05) is 35.2 Å². The Hall–Kier alpha value is -4.22. The number of nitrogens with zero attached hydrogens (tertiary/aromatic N) is 5. The summed E-state index contributed by atoms with van der Waals surface area (Å²) < 4.78 is 5.02. The van der Waals surface area contributed by atoms with Gasteiger partial charge >= 0.3 is 12.1 Å². The number of nitrogens with one attached hydrogen (secondary N) is 1. The Morgan fingerprint density at radius 2 is 1.68 bits per heavy atom. The number of carboxylic acid groups (broad SMARTS) is 1. The Labute approximate surface area is 220 Å². The third kappa shape index (κ3) is 6.55. The zero-order chi connectivity index (χ0) is 27.1. The molecule has 3 heterocycles. The zero-order valence-electron chi connectivity index (χ0n) is 21.3. The lowest BCUT2D eigenvalue weighted by molar-refractivity contribution is -0.138. The number of carbonyl (C=O) groups excluding carboxylic acids is 3. The fourth-order valence-corrected chi connectivity index (χ4v) is 4.28. The standard InChI is InChI=1S/C26H32N6O6/c1-2-38-26(37)32-15-13-31(14-16-32)25(36)19(9-10-22(33)34)28-24(35)20-17-21(30-11-6-12-30)29-23(27-20)18-7-4-3-5-8-18/h3-5,7-8,17,19H,2,6,9-16H2,1H3,(H,28,35)(H,33,34)/t19-/m0/s1. The second-order valence-corrected chi connectivity index (χ2v) is 9.11. The number of hydrogen-bond acceptors (Lipinski definition) is 8. The summed E-state index contributed by atoms with van der Waals surface area (Å²) in [5.41, 5.74) is 0.850. The number of carboxylic acids is 1. The highest BCUT2D eigenvalue weighted by atomic mass is 16.6. The molecule has 38 heavy (non-hydrogen) atoms. The van der Waals surface area contributed by atoms with Gasteiger partial charge in [0.2, 0.25) is 5.91 Å². The predicted octanol–water partition coefficient (Wildman–Crippen LogP) is 1.62. The van der Waals surface area contributed by atoms with Gasteiger partial charge in [-0.25, -0.2) is 14.8 Å². The van der Waals surface area contributed by atoms with E-state index in [4.69, 9.17) is 4.74 Å². The van der Waals surface area contributed by atoms with Crippen LogP contribution in [0.5, 0.6) is 0 Å². The smallest absolute Gasteiger partial charge is 0.409 e. The lowest BCUT2D eigenvalue weighted by Gasteiger charge is -2.36. The van der Waals surface area contributed by atoms with E-state index in [2.05, 4.69) is 15.3 Å². The molecule has 12 nitrogen and oxygen atoms in total. The van der Waals surface area contributed by atoms with Gasteiger partial charge in [-0.2, -0.15) is 0 Å². The first-order chi connectivity index (χ1) is 18.4. The van der Waals surface area contributed by atoms with Gasteiger partial charge in [0.25, 0.3) is 5.91 Å². The molecule has 2 aliphatic rings. The first-order valence-corrected chi connectivity index (χ1v) is 12.8. The van der Waals surface area contributed by atoms with E-state index in [0.29, 0.717) is 11.6 Å². The molecule has 1 aromatic carbocycles. The molecule has 0 bridgehead atoms. The predicted molar refractivity (Wildman–Crippen MR) is 138 cm³/mol. The minimum Gasteiger partial charge on any atom is -0.481 e. The van der Waals surface area contributed by atoms with Gasteiger partial charge in [-0.05, 0) is 19.8 Å². The molecule has 2 aromatic rings. The van der Waals surface area contributed by atoms with E-state index >= 15 is 0 Å². The molecule has 2 saturated heterocycles. The second-order valence-electron chi connectivity index (χ2n) is 9.11. The minimum absolute atomic E-state index is 0.0758. The number of carbonyl (C=O) groups is 4. The van der Waals surface area contributed by atoms with Crippen LogP contribution in [0.1, 0.15) is 36.7 Å². The van der Waals surface area contributed by atoms with Gasteiger partial charge in [-0.1, -0.05) is 30.3 Å². The fraction of sp³-hybridized carbons (Fsp3) is 0.462. The Bertz CT molecular complexity index is 1160. The monoisotopic (exact) mass is 524 g/mol. The SMILES string of the molecule is CCOC(=O)N1CCN(C(=O)[C@H](CCC(=O)O)NC(=O)c2cc(N3CCC3)nc(-c3ccccc3)n2)CC1. The molecule has 2 N–H and O–H groups in total. The van der Waals surface area contributed by atoms with E-state index in [0.717, 1.165) is 25.1 Å². The molecular weight excluding hydrogens is 492 g/mol. The van der Waals surface area contributed by atoms with Crippen LogP contribution >= 0.6 is 0 Å². The minimum atomic E-state index is -1.07. The number of benzene rings is 1. The molecular formula is C26H32N6O6. The summed E-state index contributed by atoms with van der Waals surface area (Å²) in [5, 5.41) is 11.9. The molecule has 2 fully saturated rings. The van der Waals surface area contributed by atoms with Crippen LogP contribution in [0.4, 0.5) is 10.6 Å². The Balaban J connectivity index is 1.51. The summed E-state index contributed by atoms with van der Waals surface area (Å²) in [4.78, 5) is 64.1. The van der Waals surface area contributed by atoms with Gasteiger partial charge in [0.15, 0.2) is 5.82 Å². The van der Waals surface area contributed by atoms with Crippen LogP contribution in [0.15, 0.2) is 36.4 Å². The van der Waals surface area contributed by atoms with Crippen molar-refractivity contribution in [3.05, 3.63) is 42.1 Å². The van der Waals surface area contributed by atoms with E-state index in [1.165, 1.54) is 9.80 Å². The largest absolute Gasteiger partial charge is 0.481 e. The summed E-state index contributed by atoms with van der Waals surface area (Å²) in [5.74, 6) is -1.04. The quantitative estimate of drug-likeness (QED) is 0.500. The highest BCUT2D eigenvalue weighted by Crippen LogP contribution is 2.23. The summed E-state index contributed by atoms with van der Waals surface area (Å²) >= 11 is 0. The van der Waals surface area contributed by atoms with Crippen molar-refractivity contribution in [1.29, 1.82) is 0 Å². The van der Waals surface area contributed by atoms with Crippen LogP contribution in [0.2, 0.25) is 0 Å². The van der Waals surface area contributed by atoms with Crippen molar-refractivity contribution in [2.45, 2.75) is 32.2 Å². The highest BCUT2D eigenvalue weighted by Gasteiger charge is 2.31. The normalized spacial score (nSPS) is 15.9. The topological polar surface area (TPSA) is 145 Å². The zero-order valence-corrected chi connectivity index (χ0v) is 21.3. The van der Waals surface area contributed by atoms with Crippen molar-refractivity contribution in [1.82, 2.24) is 25.1 Å². The molecule has 0 aliphatic carbocycles. The maximum Gasteiger partial charge on any atom is 0.409 e. The van der Waals surface area contributed by atoms with Crippen molar-refractivity contribution in [3.8, 4) is 11.4 Å². The Morgan fingerprint density at radius 1 is 1.00 bits per heavy atom. The number of anilines is 1. The number of aromatic nitrogens is 2. The third-order valence-corrected chi connectivity index (χ3v) is 6.52. The van der Waals surface area contributed by atoms with Crippen molar-refractivity contribution in [3.63, 3.8) is 0 Å². The van der Waals surface area contributed by atoms with Crippen molar-refractivity contribution < 1.29 is 29.0 Å². The van der Waals surface area contributed by atoms with Gasteiger partial charge in [-0.3, -0.25) is 14.4 Å². The van der Waals surface area contributed by atoms with Crippen LogP contribution in [0.3, 0.4) is 0 Å². The van der Waals surface area contributed by atoms with E-state index < -0.39 is 29.9 Å². The fourth-order valence-electron chi connectivity index (χ4n) is 4.28. The average Bonchev–Trinajstić information content (AvgIpc) is 2.90. The third-order valence-electron chi connectivity index (χ3n) is 6.52. The number of amides is 3. The molecule has 1 atom stereocenters. The van der Waals surface area contributed by atoms with Crippen LogP contribution in [0.25, 0.3) is 11.4 Å². The summed E-state index contributed by atoms with van der Waals surface area (Å²) in [7, 11) is 0. The first-order valence-electron chi connectivity index (χ1n) is 12.8. The van der Waals surface area contributed by atoms with E-state index in [-0.39, 0.29) is 51.3 Å². The summed E-state index contributed by atoms with van der Waals surface area (Å²) in [6.07, 6.45) is 0.221. The summed E-state index contributed by atoms with van der Waals surface area (Å²) in [6.45, 7) is 4.71. The average molecular weight is 525 g/mol. The molecule has 202 valence electrons. The van der Waals surface area contributed by atoms with Crippen LogP contribution in [-0.4, -0.2) is 101 Å². The maximum atomic E-state index is 13.4. The van der Waals surface area contributed by atoms with Crippen molar-refractivity contribution in [2.24, 2.45) is 0 Å². The maximum absolute atomic E-state index is 13.4. The molecule has 0 spiro atoms. The molecule has 0 saturated carbocycles. The highest BCUT2D eigenvalue weighted by molar-refractivity contribution is 5.97. The van der Waals surface area contributed by atoms with Crippen LogP contribution in [-0.2, 0) is 14.3 Å². The molecule has 12 heteroatoms. The van der Waals surface area contributed by atoms with Gasteiger partial charge < -0.3 is 29.9 Å². The molecule has 0 unspecified atom stereocenters. The molecule has 2 aliphatic heterocycles. The van der Waals surface area contributed by atoms with Crippen molar-refractivity contribution >= 4 is 29.7 Å². The molecule has 3 amide bonds.